The molecule has 0 radical (unpaired) electrons. The summed E-state index contributed by atoms with van der Waals surface area (Å²) < 4.78 is 24.7. The third kappa shape index (κ3) is 2.39. The normalized spacial score (nSPS) is 52.3. The van der Waals surface area contributed by atoms with Crippen molar-refractivity contribution in [1.29, 1.82) is 0 Å². The van der Waals surface area contributed by atoms with Crippen molar-refractivity contribution in [3.63, 3.8) is 0 Å². The molecule has 6 aliphatic rings. The number of carbonyl (C=O) groups is 1. The van der Waals surface area contributed by atoms with Gasteiger partial charge in [-0.25, -0.2) is 0 Å². The lowest BCUT2D eigenvalue weighted by atomic mass is 9.42. The van der Waals surface area contributed by atoms with Crippen LogP contribution in [0.2, 0.25) is 0 Å². The Morgan fingerprint density at radius 3 is 2.21 bits per heavy atom. The summed E-state index contributed by atoms with van der Waals surface area (Å²) in [5, 5.41) is 0. The van der Waals surface area contributed by atoms with Gasteiger partial charge >= 0.3 is 0 Å². The molecule has 0 amide bonds. The standard InChI is InChI=1S/C24H36O5/c1-21-7-8-23(26-9-10-27-23)14-20(21)16(15-25)13-17-18(21)3-5-22(2)19(17)4-6-24(22)28-11-12-29-24/h15-20H,3-14H2,1-2H3/t16?,17-,18+,19+,20?,21-,22+/m1/s1. The third-order valence-corrected chi connectivity index (χ3v) is 10.6. The molecule has 2 spiro atoms. The molecule has 0 N–H and O–H groups in total. The zero-order valence-corrected chi connectivity index (χ0v) is 18.0. The van der Waals surface area contributed by atoms with Crippen LogP contribution in [0.1, 0.15) is 65.2 Å². The van der Waals surface area contributed by atoms with Crippen LogP contribution in [0.5, 0.6) is 0 Å². The molecule has 7 atom stereocenters. The summed E-state index contributed by atoms with van der Waals surface area (Å²) in [4.78, 5) is 12.3. The first-order chi connectivity index (χ1) is 14.0. The van der Waals surface area contributed by atoms with Crippen molar-refractivity contribution < 1.29 is 23.7 Å². The van der Waals surface area contributed by atoms with Gasteiger partial charge in [0.15, 0.2) is 11.6 Å². The Balaban J connectivity index is 1.33. The number of ether oxygens (including phenoxy) is 4. The maximum Gasteiger partial charge on any atom is 0.174 e. The first kappa shape index (κ1) is 19.2. The molecule has 4 saturated carbocycles. The van der Waals surface area contributed by atoms with Crippen LogP contribution in [0.15, 0.2) is 0 Å². The Kier molecular flexibility index (Phi) is 4.16. The van der Waals surface area contributed by atoms with Crippen molar-refractivity contribution in [2.24, 2.45) is 40.4 Å². The lowest BCUT2D eigenvalue weighted by molar-refractivity contribution is -0.262. The van der Waals surface area contributed by atoms with Crippen molar-refractivity contribution in [1.82, 2.24) is 0 Å². The second-order valence-corrected chi connectivity index (χ2v) is 11.3. The Bertz CT molecular complexity index is 681. The SMILES string of the molecule is C[C@]12CCC3(CC1C(C=O)C[C@@H]1[C@@H]2CC[C@@]2(C)[C@H]1CCC21OCCO1)OCCO3. The van der Waals surface area contributed by atoms with E-state index >= 15 is 0 Å². The van der Waals surface area contributed by atoms with Crippen molar-refractivity contribution in [3.8, 4) is 0 Å². The number of hydrogen-bond acceptors (Lipinski definition) is 5. The van der Waals surface area contributed by atoms with E-state index in [1.54, 1.807) is 0 Å². The highest BCUT2D eigenvalue weighted by Gasteiger charge is 2.69. The van der Waals surface area contributed by atoms with Crippen LogP contribution >= 0.6 is 0 Å². The molecule has 162 valence electrons. The Labute approximate surface area is 174 Å². The van der Waals surface area contributed by atoms with E-state index in [2.05, 4.69) is 13.8 Å². The molecule has 2 saturated heterocycles. The van der Waals surface area contributed by atoms with Crippen molar-refractivity contribution in [3.05, 3.63) is 0 Å². The second-order valence-electron chi connectivity index (χ2n) is 11.3. The summed E-state index contributed by atoms with van der Waals surface area (Å²) in [5.74, 6) is 1.63. The first-order valence-electron chi connectivity index (χ1n) is 12.0. The molecule has 4 aliphatic carbocycles. The van der Waals surface area contributed by atoms with Crippen LogP contribution in [0, 0.1) is 40.4 Å². The fourth-order valence-corrected chi connectivity index (χ4v) is 9.12. The fraction of sp³-hybridized carbons (Fsp3) is 0.958. The van der Waals surface area contributed by atoms with E-state index in [0.29, 0.717) is 36.9 Å². The zero-order chi connectivity index (χ0) is 19.9. The molecule has 0 aromatic rings. The van der Waals surface area contributed by atoms with E-state index in [9.17, 15) is 4.79 Å². The average Bonchev–Trinajstić information content (AvgIpc) is 3.44. The van der Waals surface area contributed by atoms with Gasteiger partial charge in [0.2, 0.25) is 0 Å². The Morgan fingerprint density at radius 1 is 0.793 bits per heavy atom. The molecule has 6 rings (SSSR count). The number of hydrogen-bond donors (Lipinski definition) is 0. The summed E-state index contributed by atoms with van der Waals surface area (Å²) in [6, 6.07) is 0. The largest absolute Gasteiger partial charge is 0.348 e. The van der Waals surface area contributed by atoms with Gasteiger partial charge in [-0.1, -0.05) is 13.8 Å². The second kappa shape index (κ2) is 6.27. The summed E-state index contributed by atoms with van der Waals surface area (Å²) in [7, 11) is 0. The van der Waals surface area contributed by atoms with Gasteiger partial charge in [-0.05, 0) is 61.2 Å². The molecular formula is C24H36O5. The highest BCUT2D eigenvalue weighted by atomic mass is 16.7. The molecule has 2 heterocycles. The van der Waals surface area contributed by atoms with Gasteiger partial charge in [0, 0.05) is 30.6 Å². The lowest BCUT2D eigenvalue weighted by Crippen LogP contribution is -2.60. The predicted molar refractivity (Wildman–Crippen MR) is 106 cm³/mol. The van der Waals surface area contributed by atoms with E-state index in [-0.39, 0.29) is 22.5 Å². The predicted octanol–water partition coefficient (Wildman–Crippen LogP) is 3.94. The van der Waals surface area contributed by atoms with Gasteiger partial charge < -0.3 is 23.7 Å². The molecule has 5 nitrogen and oxygen atoms in total. The quantitative estimate of drug-likeness (QED) is 0.620. The zero-order valence-electron chi connectivity index (χ0n) is 18.0. The van der Waals surface area contributed by atoms with E-state index in [1.807, 2.05) is 0 Å². The summed E-state index contributed by atoms with van der Waals surface area (Å²) in [5.41, 5.74) is 0.304. The van der Waals surface area contributed by atoms with Gasteiger partial charge in [0.25, 0.3) is 0 Å². The van der Waals surface area contributed by atoms with Crippen molar-refractivity contribution >= 4 is 6.29 Å². The van der Waals surface area contributed by atoms with E-state index in [1.165, 1.54) is 25.5 Å². The van der Waals surface area contributed by atoms with Gasteiger partial charge in [0.05, 0.1) is 26.4 Å². The minimum absolute atomic E-state index is 0.0921. The van der Waals surface area contributed by atoms with Crippen LogP contribution in [0.25, 0.3) is 0 Å². The third-order valence-electron chi connectivity index (χ3n) is 10.6. The molecule has 0 bridgehead atoms. The highest BCUT2D eigenvalue weighted by Crippen LogP contribution is 2.70. The summed E-state index contributed by atoms with van der Waals surface area (Å²) in [6.07, 6.45) is 9.91. The molecule has 0 aromatic carbocycles. The van der Waals surface area contributed by atoms with Gasteiger partial charge in [-0.3, -0.25) is 0 Å². The maximum absolute atomic E-state index is 12.3. The fourth-order valence-electron chi connectivity index (χ4n) is 9.12. The van der Waals surface area contributed by atoms with E-state index in [4.69, 9.17) is 18.9 Å². The monoisotopic (exact) mass is 404 g/mol. The summed E-state index contributed by atoms with van der Waals surface area (Å²) >= 11 is 0. The molecule has 6 fully saturated rings. The van der Waals surface area contributed by atoms with Crippen LogP contribution in [0.3, 0.4) is 0 Å². The molecule has 2 unspecified atom stereocenters. The van der Waals surface area contributed by atoms with Crippen LogP contribution in [-0.4, -0.2) is 44.3 Å². The minimum Gasteiger partial charge on any atom is -0.348 e. The maximum atomic E-state index is 12.3. The molecule has 29 heavy (non-hydrogen) atoms. The number of carbonyl (C=O) groups excluding carboxylic acids is 1. The van der Waals surface area contributed by atoms with Crippen LogP contribution < -0.4 is 0 Å². The average molecular weight is 405 g/mol. The van der Waals surface area contributed by atoms with Crippen molar-refractivity contribution in [2.75, 3.05) is 26.4 Å². The van der Waals surface area contributed by atoms with Gasteiger partial charge in [-0.2, -0.15) is 0 Å². The number of aldehydes is 1. The highest BCUT2D eigenvalue weighted by molar-refractivity contribution is 5.55. The van der Waals surface area contributed by atoms with E-state index in [0.717, 1.165) is 45.3 Å². The topological polar surface area (TPSA) is 54.0 Å². The first-order valence-corrected chi connectivity index (χ1v) is 12.0. The molecular weight excluding hydrogens is 368 g/mol. The number of fused-ring (bicyclic) bond motifs is 6. The number of rotatable bonds is 1. The van der Waals surface area contributed by atoms with Gasteiger partial charge in [0.1, 0.15) is 6.29 Å². The summed E-state index contributed by atoms with van der Waals surface area (Å²) in [6.45, 7) is 7.77. The van der Waals surface area contributed by atoms with E-state index < -0.39 is 5.79 Å². The Hall–Kier alpha value is -0.490. The van der Waals surface area contributed by atoms with Crippen LogP contribution in [0.4, 0.5) is 0 Å². The lowest BCUT2D eigenvalue weighted by Gasteiger charge is -2.63. The van der Waals surface area contributed by atoms with Crippen LogP contribution in [-0.2, 0) is 23.7 Å². The molecule has 2 aliphatic heterocycles. The Morgan fingerprint density at radius 2 is 1.48 bits per heavy atom. The van der Waals surface area contributed by atoms with Gasteiger partial charge in [-0.15, -0.1) is 0 Å². The molecule has 0 aromatic heterocycles. The smallest absolute Gasteiger partial charge is 0.174 e. The van der Waals surface area contributed by atoms with Crippen molar-refractivity contribution in [2.45, 2.75) is 76.8 Å². The minimum atomic E-state index is -0.412. The molecule has 5 heteroatoms.